The average molecular weight is 268 g/mol. The van der Waals surface area contributed by atoms with Crippen molar-refractivity contribution in [3.05, 3.63) is 65.5 Å². The van der Waals surface area contributed by atoms with Crippen LogP contribution in [0.15, 0.2) is 48.8 Å². The normalized spacial score (nSPS) is 11.9. The molecule has 0 fully saturated rings. The molecule has 0 aliphatic carbocycles. The summed E-state index contributed by atoms with van der Waals surface area (Å²) in [5.74, 6) is 0.0811. The van der Waals surface area contributed by atoms with E-state index in [-0.39, 0.29) is 11.9 Å². The van der Waals surface area contributed by atoms with E-state index in [9.17, 15) is 4.79 Å². The molecule has 2 aromatic rings. The highest BCUT2D eigenvalue weighted by Crippen LogP contribution is 2.12. The van der Waals surface area contributed by atoms with Gasteiger partial charge in [0.1, 0.15) is 0 Å². The summed E-state index contributed by atoms with van der Waals surface area (Å²) in [6, 6.07) is 12.0. The molecule has 0 saturated carbocycles. The quantitative estimate of drug-likeness (QED) is 0.904. The standard InChI is InChI=1S/C17H20N2O/c1-13-5-3-4-6-15(13)7-8-17(20)19-14(2)16-9-11-18-12-10-16/h3-6,9-12,14H,7-8H2,1-2H3,(H,19,20). The minimum absolute atomic E-state index is 0.0161. The summed E-state index contributed by atoms with van der Waals surface area (Å²) >= 11 is 0. The lowest BCUT2D eigenvalue weighted by molar-refractivity contribution is -0.121. The lowest BCUT2D eigenvalue weighted by Gasteiger charge is -2.14. The fourth-order valence-corrected chi connectivity index (χ4v) is 2.19. The number of pyridine rings is 1. The van der Waals surface area contributed by atoms with Crippen molar-refractivity contribution >= 4 is 5.91 Å². The zero-order chi connectivity index (χ0) is 14.4. The largest absolute Gasteiger partial charge is 0.350 e. The van der Waals surface area contributed by atoms with Crippen LogP contribution in [0.5, 0.6) is 0 Å². The Morgan fingerprint density at radius 2 is 1.90 bits per heavy atom. The molecule has 104 valence electrons. The van der Waals surface area contributed by atoms with Gasteiger partial charge in [0.05, 0.1) is 6.04 Å². The van der Waals surface area contributed by atoms with Crippen LogP contribution in [0.2, 0.25) is 0 Å². The first-order valence-electron chi connectivity index (χ1n) is 6.90. The first-order valence-corrected chi connectivity index (χ1v) is 6.90. The van der Waals surface area contributed by atoms with Gasteiger partial charge in [-0.2, -0.15) is 0 Å². The summed E-state index contributed by atoms with van der Waals surface area (Å²) < 4.78 is 0. The molecule has 1 N–H and O–H groups in total. The molecule has 0 bridgehead atoms. The van der Waals surface area contributed by atoms with Gasteiger partial charge >= 0.3 is 0 Å². The van der Waals surface area contributed by atoms with Gasteiger partial charge in [-0.3, -0.25) is 9.78 Å². The second kappa shape index (κ2) is 6.85. The number of carbonyl (C=O) groups excluding carboxylic acids is 1. The molecule has 0 aliphatic heterocycles. The third-order valence-electron chi connectivity index (χ3n) is 3.47. The van der Waals surface area contributed by atoms with Crippen LogP contribution in [-0.4, -0.2) is 10.9 Å². The molecule has 0 saturated heterocycles. The van der Waals surface area contributed by atoms with Crippen molar-refractivity contribution < 1.29 is 4.79 Å². The molecule has 1 amide bonds. The van der Waals surface area contributed by atoms with Gasteiger partial charge in [0.25, 0.3) is 0 Å². The van der Waals surface area contributed by atoms with E-state index in [1.54, 1.807) is 12.4 Å². The van der Waals surface area contributed by atoms with E-state index in [0.29, 0.717) is 6.42 Å². The van der Waals surface area contributed by atoms with Crippen LogP contribution < -0.4 is 5.32 Å². The van der Waals surface area contributed by atoms with Gasteiger partial charge in [0, 0.05) is 18.8 Å². The van der Waals surface area contributed by atoms with Crippen molar-refractivity contribution in [2.24, 2.45) is 0 Å². The molecule has 20 heavy (non-hydrogen) atoms. The predicted molar refractivity (Wildman–Crippen MR) is 80.3 cm³/mol. The van der Waals surface area contributed by atoms with Gasteiger partial charge in [-0.05, 0) is 49.1 Å². The lowest BCUT2D eigenvalue weighted by Crippen LogP contribution is -2.26. The Hall–Kier alpha value is -2.16. The SMILES string of the molecule is Cc1ccccc1CCC(=O)NC(C)c1ccncc1. The van der Waals surface area contributed by atoms with E-state index in [0.717, 1.165) is 12.0 Å². The van der Waals surface area contributed by atoms with Gasteiger partial charge in [0.15, 0.2) is 0 Å². The Morgan fingerprint density at radius 1 is 1.20 bits per heavy atom. The monoisotopic (exact) mass is 268 g/mol. The smallest absolute Gasteiger partial charge is 0.220 e. The third-order valence-corrected chi connectivity index (χ3v) is 3.47. The maximum atomic E-state index is 12.0. The first kappa shape index (κ1) is 14.3. The summed E-state index contributed by atoms with van der Waals surface area (Å²) in [6.45, 7) is 4.06. The minimum atomic E-state index is 0.0161. The maximum Gasteiger partial charge on any atom is 0.220 e. The Balaban J connectivity index is 1.86. The first-order chi connectivity index (χ1) is 9.66. The molecule has 1 unspecified atom stereocenters. The number of nitrogens with zero attached hydrogens (tertiary/aromatic N) is 1. The number of amides is 1. The minimum Gasteiger partial charge on any atom is -0.350 e. The second-order valence-corrected chi connectivity index (χ2v) is 5.00. The van der Waals surface area contributed by atoms with E-state index in [4.69, 9.17) is 0 Å². The highest BCUT2D eigenvalue weighted by molar-refractivity contribution is 5.76. The second-order valence-electron chi connectivity index (χ2n) is 5.00. The fraction of sp³-hybridized carbons (Fsp3) is 0.294. The zero-order valence-corrected chi connectivity index (χ0v) is 12.0. The zero-order valence-electron chi connectivity index (χ0n) is 12.0. The molecule has 0 radical (unpaired) electrons. The Kier molecular flexibility index (Phi) is 4.88. The van der Waals surface area contributed by atoms with Crippen LogP contribution in [0.4, 0.5) is 0 Å². The van der Waals surface area contributed by atoms with Gasteiger partial charge in [-0.15, -0.1) is 0 Å². The number of hydrogen-bond acceptors (Lipinski definition) is 2. The van der Waals surface area contributed by atoms with Crippen LogP contribution in [0.1, 0.15) is 36.1 Å². The third kappa shape index (κ3) is 3.92. The van der Waals surface area contributed by atoms with Crippen molar-refractivity contribution in [2.75, 3.05) is 0 Å². The summed E-state index contributed by atoms with van der Waals surface area (Å²) in [7, 11) is 0. The van der Waals surface area contributed by atoms with Crippen molar-refractivity contribution in [2.45, 2.75) is 32.7 Å². The number of carbonyl (C=O) groups is 1. The number of hydrogen-bond donors (Lipinski definition) is 1. The predicted octanol–water partition coefficient (Wildman–Crippen LogP) is 3.20. The topological polar surface area (TPSA) is 42.0 Å². The molecular formula is C17H20N2O. The summed E-state index contributed by atoms with van der Waals surface area (Å²) in [5.41, 5.74) is 3.55. The number of aromatic nitrogens is 1. The number of benzene rings is 1. The van der Waals surface area contributed by atoms with Crippen molar-refractivity contribution in [3.63, 3.8) is 0 Å². The van der Waals surface area contributed by atoms with E-state index >= 15 is 0 Å². The van der Waals surface area contributed by atoms with E-state index in [1.165, 1.54) is 11.1 Å². The van der Waals surface area contributed by atoms with Gasteiger partial charge in [-0.25, -0.2) is 0 Å². The van der Waals surface area contributed by atoms with Crippen LogP contribution in [0.25, 0.3) is 0 Å². The van der Waals surface area contributed by atoms with E-state index in [1.807, 2.05) is 31.2 Å². The number of rotatable bonds is 5. The van der Waals surface area contributed by atoms with Crippen molar-refractivity contribution in [3.8, 4) is 0 Å². The molecule has 2 rings (SSSR count). The molecule has 0 spiro atoms. The van der Waals surface area contributed by atoms with Crippen molar-refractivity contribution in [1.29, 1.82) is 0 Å². The van der Waals surface area contributed by atoms with Crippen LogP contribution in [0, 0.1) is 6.92 Å². The maximum absolute atomic E-state index is 12.0. The molecule has 1 aromatic heterocycles. The Bertz CT molecular complexity index is 566. The summed E-state index contributed by atoms with van der Waals surface area (Å²) in [6.07, 6.45) is 4.78. The molecule has 3 nitrogen and oxygen atoms in total. The van der Waals surface area contributed by atoms with Crippen LogP contribution in [0.3, 0.4) is 0 Å². The van der Waals surface area contributed by atoms with Gasteiger partial charge in [0.2, 0.25) is 5.91 Å². The van der Waals surface area contributed by atoms with E-state index < -0.39 is 0 Å². The highest BCUT2D eigenvalue weighted by atomic mass is 16.1. The Labute approximate surface area is 120 Å². The van der Waals surface area contributed by atoms with Gasteiger partial charge in [-0.1, -0.05) is 24.3 Å². The summed E-state index contributed by atoms with van der Waals surface area (Å²) in [5, 5.41) is 3.02. The molecule has 3 heteroatoms. The summed E-state index contributed by atoms with van der Waals surface area (Å²) in [4.78, 5) is 16.0. The average Bonchev–Trinajstić information content (AvgIpc) is 2.47. The molecular weight excluding hydrogens is 248 g/mol. The molecule has 1 heterocycles. The fourth-order valence-electron chi connectivity index (χ4n) is 2.19. The van der Waals surface area contributed by atoms with E-state index in [2.05, 4.69) is 29.4 Å². The Morgan fingerprint density at radius 3 is 2.60 bits per heavy atom. The molecule has 1 aromatic carbocycles. The molecule has 0 aliphatic rings. The van der Waals surface area contributed by atoms with Crippen LogP contribution in [-0.2, 0) is 11.2 Å². The highest BCUT2D eigenvalue weighted by Gasteiger charge is 2.09. The van der Waals surface area contributed by atoms with Crippen LogP contribution >= 0.6 is 0 Å². The molecule has 1 atom stereocenters. The number of nitrogens with one attached hydrogen (secondary N) is 1. The van der Waals surface area contributed by atoms with Gasteiger partial charge < -0.3 is 5.32 Å². The van der Waals surface area contributed by atoms with Crippen molar-refractivity contribution in [1.82, 2.24) is 10.3 Å². The number of aryl methyl sites for hydroxylation is 2. The lowest BCUT2D eigenvalue weighted by atomic mass is 10.0.